The molecule has 0 aliphatic heterocycles. The van der Waals surface area contributed by atoms with E-state index in [0.717, 1.165) is 25.8 Å². The maximum atomic E-state index is 10.1. The normalized spacial score (nSPS) is 15.6. The lowest BCUT2D eigenvalue weighted by molar-refractivity contribution is 0.0386. The molecule has 100 valence electrons. The summed E-state index contributed by atoms with van der Waals surface area (Å²) in [5, 5.41) is 22.2. The minimum absolute atomic E-state index is 0.234. The summed E-state index contributed by atoms with van der Waals surface area (Å²) >= 11 is 0. The van der Waals surface area contributed by atoms with E-state index in [1.807, 2.05) is 20.8 Å². The molecular weight excluding hydrogens is 212 g/mol. The summed E-state index contributed by atoms with van der Waals surface area (Å²) in [6.07, 6.45) is 2.67. The quantitative estimate of drug-likeness (QED) is 0.641. The lowest BCUT2D eigenvalue weighted by Crippen LogP contribution is -2.39. The van der Waals surface area contributed by atoms with Crippen LogP contribution in [0.4, 0.5) is 0 Å². The van der Waals surface area contributed by atoms with Gasteiger partial charge in [-0.2, -0.15) is 5.26 Å². The van der Waals surface area contributed by atoms with E-state index in [2.05, 4.69) is 25.2 Å². The van der Waals surface area contributed by atoms with Gasteiger partial charge in [-0.05, 0) is 52.5 Å². The molecule has 1 atom stereocenters. The highest BCUT2D eigenvalue weighted by atomic mass is 16.3. The number of nitriles is 1. The Kier molecular flexibility index (Phi) is 6.74. The summed E-state index contributed by atoms with van der Waals surface area (Å²) < 4.78 is 0. The van der Waals surface area contributed by atoms with E-state index in [-0.39, 0.29) is 5.41 Å². The molecule has 17 heavy (non-hydrogen) atoms. The fourth-order valence-corrected chi connectivity index (χ4v) is 2.02. The summed E-state index contributed by atoms with van der Waals surface area (Å²) in [5.41, 5.74) is -0.860. The molecule has 0 radical (unpaired) electrons. The molecule has 0 aliphatic rings. The van der Waals surface area contributed by atoms with E-state index >= 15 is 0 Å². The van der Waals surface area contributed by atoms with E-state index < -0.39 is 5.60 Å². The summed E-state index contributed by atoms with van der Waals surface area (Å²) in [6.45, 7) is 11.5. The zero-order chi connectivity index (χ0) is 13.5. The fraction of sp³-hybridized carbons (Fsp3) is 0.929. The minimum atomic E-state index is -0.626. The van der Waals surface area contributed by atoms with Crippen molar-refractivity contribution in [1.29, 1.82) is 5.26 Å². The molecule has 0 heterocycles. The molecule has 0 rings (SSSR count). The van der Waals surface area contributed by atoms with Gasteiger partial charge in [-0.25, -0.2) is 0 Å². The second kappa shape index (κ2) is 6.98. The first-order valence-electron chi connectivity index (χ1n) is 6.53. The zero-order valence-electron chi connectivity index (χ0n) is 12.0. The Balaban J connectivity index is 3.69. The first-order valence-corrected chi connectivity index (χ1v) is 6.53. The summed E-state index contributed by atoms with van der Waals surface area (Å²) in [7, 11) is 0. The highest BCUT2D eigenvalue weighted by molar-refractivity contribution is 4.91. The van der Waals surface area contributed by atoms with Crippen LogP contribution in [0.3, 0.4) is 0 Å². The third-order valence-electron chi connectivity index (χ3n) is 2.81. The van der Waals surface area contributed by atoms with Gasteiger partial charge in [0.15, 0.2) is 0 Å². The topological polar surface area (TPSA) is 56.0 Å². The molecule has 3 heteroatoms. The number of nitrogens with zero attached hydrogens (tertiary/aromatic N) is 1. The van der Waals surface area contributed by atoms with Gasteiger partial charge in [-0.15, -0.1) is 0 Å². The average molecular weight is 240 g/mol. The number of hydrogen-bond acceptors (Lipinski definition) is 3. The number of hydrogen-bond donors (Lipinski definition) is 2. The molecule has 0 amide bonds. The van der Waals surface area contributed by atoms with Gasteiger partial charge >= 0.3 is 0 Å². The molecule has 0 aromatic heterocycles. The van der Waals surface area contributed by atoms with Crippen LogP contribution >= 0.6 is 0 Å². The second-order valence-corrected chi connectivity index (χ2v) is 6.37. The predicted molar refractivity (Wildman–Crippen MR) is 71.6 cm³/mol. The molecule has 0 saturated heterocycles. The van der Waals surface area contributed by atoms with Crippen molar-refractivity contribution in [2.75, 3.05) is 13.1 Å². The van der Waals surface area contributed by atoms with Crippen LogP contribution in [-0.2, 0) is 0 Å². The van der Waals surface area contributed by atoms with E-state index in [9.17, 15) is 5.11 Å². The third-order valence-corrected chi connectivity index (χ3v) is 2.81. The van der Waals surface area contributed by atoms with Crippen LogP contribution in [0.25, 0.3) is 0 Å². The molecule has 3 nitrogen and oxygen atoms in total. The van der Waals surface area contributed by atoms with Gasteiger partial charge in [-0.3, -0.25) is 0 Å². The van der Waals surface area contributed by atoms with Crippen molar-refractivity contribution in [3.8, 4) is 6.07 Å². The number of nitrogens with one attached hydrogen (secondary N) is 1. The van der Waals surface area contributed by atoms with Gasteiger partial charge in [0.25, 0.3) is 0 Å². The van der Waals surface area contributed by atoms with Crippen molar-refractivity contribution in [2.24, 2.45) is 11.3 Å². The van der Waals surface area contributed by atoms with Crippen molar-refractivity contribution in [3.05, 3.63) is 0 Å². The van der Waals surface area contributed by atoms with Crippen molar-refractivity contribution in [3.63, 3.8) is 0 Å². The Hall–Kier alpha value is -0.590. The molecule has 1 unspecified atom stereocenters. The van der Waals surface area contributed by atoms with Gasteiger partial charge < -0.3 is 10.4 Å². The number of aliphatic hydroxyl groups is 1. The smallest absolute Gasteiger partial charge is 0.0746 e. The van der Waals surface area contributed by atoms with Crippen molar-refractivity contribution >= 4 is 0 Å². The van der Waals surface area contributed by atoms with Gasteiger partial charge in [0.05, 0.1) is 17.1 Å². The molecule has 0 spiro atoms. The highest BCUT2D eigenvalue weighted by Crippen LogP contribution is 2.20. The molecule has 0 aliphatic carbocycles. The van der Waals surface area contributed by atoms with E-state index in [4.69, 9.17) is 5.26 Å². The third kappa shape index (κ3) is 9.14. The lowest BCUT2D eigenvalue weighted by Gasteiger charge is -2.26. The molecular formula is C14H28N2O. The molecule has 0 aromatic rings. The predicted octanol–water partition coefficient (Wildman–Crippen LogP) is 2.70. The second-order valence-electron chi connectivity index (χ2n) is 6.37. The van der Waals surface area contributed by atoms with E-state index in [1.54, 1.807) is 0 Å². The lowest BCUT2D eigenvalue weighted by atomic mass is 9.90. The van der Waals surface area contributed by atoms with Gasteiger partial charge in [0, 0.05) is 6.54 Å². The summed E-state index contributed by atoms with van der Waals surface area (Å²) in [6, 6.07) is 2.30. The molecule has 0 saturated carbocycles. The standard InChI is InChI=1S/C14H28N2O/c1-12(2)9-14(5,17)11-16-8-6-7-13(3,4)10-15/h12,16-17H,6-9,11H2,1-5H3. The van der Waals surface area contributed by atoms with Crippen LogP contribution in [0.1, 0.15) is 53.9 Å². The van der Waals surface area contributed by atoms with Crippen molar-refractivity contribution < 1.29 is 5.11 Å². The molecule has 2 N–H and O–H groups in total. The van der Waals surface area contributed by atoms with Crippen LogP contribution in [-0.4, -0.2) is 23.8 Å². The van der Waals surface area contributed by atoms with Gasteiger partial charge in [0.2, 0.25) is 0 Å². The first-order chi connectivity index (χ1) is 7.68. The Morgan fingerprint density at radius 1 is 1.29 bits per heavy atom. The molecule has 0 fully saturated rings. The highest BCUT2D eigenvalue weighted by Gasteiger charge is 2.21. The molecule has 0 aromatic carbocycles. The van der Waals surface area contributed by atoms with Crippen molar-refractivity contribution in [2.45, 2.75) is 59.5 Å². The minimum Gasteiger partial charge on any atom is -0.389 e. The maximum absolute atomic E-state index is 10.1. The Labute approximate surface area is 106 Å². The monoisotopic (exact) mass is 240 g/mol. The summed E-state index contributed by atoms with van der Waals surface area (Å²) in [5.74, 6) is 0.504. The average Bonchev–Trinajstić information content (AvgIpc) is 2.14. The zero-order valence-corrected chi connectivity index (χ0v) is 12.0. The Morgan fingerprint density at radius 3 is 2.35 bits per heavy atom. The van der Waals surface area contributed by atoms with Crippen LogP contribution < -0.4 is 5.32 Å². The van der Waals surface area contributed by atoms with Crippen LogP contribution in [0.5, 0.6) is 0 Å². The maximum Gasteiger partial charge on any atom is 0.0746 e. The molecule has 0 bridgehead atoms. The Morgan fingerprint density at radius 2 is 1.88 bits per heavy atom. The first kappa shape index (κ1) is 16.4. The van der Waals surface area contributed by atoms with E-state index in [0.29, 0.717) is 12.5 Å². The van der Waals surface area contributed by atoms with Crippen molar-refractivity contribution in [1.82, 2.24) is 5.32 Å². The van der Waals surface area contributed by atoms with Gasteiger partial charge in [-0.1, -0.05) is 13.8 Å². The Bertz CT molecular complexity index is 251. The van der Waals surface area contributed by atoms with Crippen LogP contribution in [0, 0.1) is 22.7 Å². The van der Waals surface area contributed by atoms with Crippen LogP contribution in [0.15, 0.2) is 0 Å². The number of rotatable bonds is 8. The van der Waals surface area contributed by atoms with Crippen LogP contribution in [0.2, 0.25) is 0 Å². The van der Waals surface area contributed by atoms with E-state index in [1.165, 1.54) is 0 Å². The fourth-order valence-electron chi connectivity index (χ4n) is 2.02. The summed E-state index contributed by atoms with van der Waals surface area (Å²) in [4.78, 5) is 0. The largest absolute Gasteiger partial charge is 0.389 e. The van der Waals surface area contributed by atoms with Gasteiger partial charge in [0.1, 0.15) is 0 Å². The SMILES string of the molecule is CC(C)CC(C)(O)CNCCCC(C)(C)C#N.